The molecule has 1 amide bonds. The molecule has 1 heterocycles. The fourth-order valence-electron chi connectivity index (χ4n) is 2.43. The first-order valence-electron chi connectivity index (χ1n) is 6.47. The largest absolute Gasteiger partial charge is 0.508 e. The van der Waals surface area contributed by atoms with Crippen molar-refractivity contribution in [1.29, 1.82) is 0 Å². The van der Waals surface area contributed by atoms with E-state index in [1.54, 1.807) is 0 Å². The van der Waals surface area contributed by atoms with Gasteiger partial charge in [0.1, 0.15) is 11.6 Å². The Bertz CT molecular complexity index is 532. The smallest absolute Gasteiger partial charge is 0.303 e. The summed E-state index contributed by atoms with van der Waals surface area (Å²) >= 11 is 0. The number of phenols is 1. The lowest BCUT2D eigenvalue weighted by atomic mass is 10.0. The summed E-state index contributed by atoms with van der Waals surface area (Å²) in [5.41, 5.74) is -0.0679. The Morgan fingerprint density at radius 3 is 2.80 bits per heavy atom. The zero-order chi connectivity index (χ0) is 14.7. The Hall–Kier alpha value is -2.11. The number of carbonyl (C=O) groups excluding carboxylic acids is 1. The van der Waals surface area contributed by atoms with Crippen LogP contribution in [-0.2, 0) is 4.79 Å². The summed E-state index contributed by atoms with van der Waals surface area (Å²) in [7, 11) is 0. The lowest BCUT2D eigenvalue weighted by Gasteiger charge is -2.17. The van der Waals surface area contributed by atoms with E-state index in [-0.39, 0.29) is 23.7 Å². The van der Waals surface area contributed by atoms with Crippen molar-refractivity contribution in [1.82, 2.24) is 4.90 Å². The Morgan fingerprint density at radius 2 is 2.15 bits per heavy atom. The molecule has 0 spiro atoms. The van der Waals surface area contributed by atoms with Gasteiger partial charge in [-0.15, -0.1) is 0 Å². The SMILES string of the molecule is O=C(O)CCC1CCN(C(=O)c2ccc(O)cc2F)C1. The van der Waals surface area contributed by atoms with Crippen molar-refractivity contribution < 1.29 is 24.2 Å². The van der Waals surface area contributed by atoms with Gasteiger partial charge in [0.15, 0.2) is 0 Å². The molecule has 6 heteroatoms. The van der Waals surface area contributed by atoms with Gasteiger partial charge in [0.2, 0.25) is 0 Å². The third kappa shape index (κ3) is 3.26. The van der Waals surface area contributed by atoms with Crippen molar-refractivity contribution in [2.45, 2.75) is 19.3 Å². The van der Waals surface area contributed by atoms with Crippen LogP contribution in [-0.4, -0.2) is 40.1 Å². The van der Waals surface area contributed by atoms with E-state index < -0.39 is 17.7 Å². The molecule has 1 saturated heterocycles. The van der Waals surface area contributed by atoms with E-state index in [2.05, 4.69) is 0 Å². The minimum atomic E-state index is -0.848. The minimum absolute atomic E-state index is 0.0679. The van der Waals surface area contributed by atoms with E-state index >= 15 is 0 Å². The van der Waals surface area contributed by atoms with Gasteiger partial charge in [-0.2, -0.15) is 0 Å². The zero-order valence-corrected chi connectivity index (χ0v) is 10.9. The van der Waals surface area contributed by atoms with Gasteiger partial charge in [-0.25, -0.2) is 4.39 Å². The van der Waals surface area contributed by atoms with Gasteiger partial charge in [0.05, 0.1) is 5.56 Å². The number of hydrogen-bond donors (Lipinski definition) is 2. The van der Waals surface area contributed by atoms with Crippen LogP contribution in [0.5, 0.6) is 5.75 Å². The Labute approximate surface area is 115 Å². The van der Waals surface area contributed by atoms with E-state index in [4.69, 9.17) is 10.2 Å². The van der Waals surface area contributed by atoms with Gasteiger partial charge in [0.25, 0.3) is 5.91 Å². The van der Waals surface area contributed by atoms with Gasteiger partial charge in [-0.3, -0.25) is 9.59 Å². The van der Waals surface area contributed by atoms with Crippen molar-refractivity contribution in [3.05, 3.63) is 29.6 Å². The molecule has 0 aliphatic carbocycles. The summed E-state index contributed by atoms with van der Waals surface area (Å²) in [6.45, 7) is 0.954. The molecule has 108 valence electrons. The van der Waals surface area contributed by atoms with Crippen LogP contribution < -0.4 is 0 Å². The summed E-state index contributed by atoms with van der Waals surface area (Å²) in [6.07, 6.45) is 1.34. The molecule has 1 atom stereocenters. The lowest BCUT2D eigenvalue weighted by molar-refractivity contribution is -0.137. The van der Waals surface area contributed by atoms with Gasteiger partial charge in [0, 0.05) is 25.6 Å². The van der Waals surface area contributed by atoms with Crippen molar-refractivity contribution in [2.75, 3.05) is 13.1 Å². The number of nitrogens with zero attached hydrogens (tertiary/aromatic N) is 1. The summed E-state index contributed by atoms with van der Waals surface area (Å²) in [5.74, 6) is -2.08. The lowest BCUT2D eigenvalue weighted by Crippen LogP contribution is -2.29. The number of hydrogen-bond acceptors (Lipinski definition) is 3. The molecule has 1 aliphatic heterocycles. The highest BCUT2D eigenvalue weighted by atomic mass is 19.1. The van der Waals surface area contributed by atoms with E-state index in [0.29, 0.717) is 19.5 Å². The Balaban J connectivity index is 1.99. The number of amides is 1. The first-order valence-corrected chi connectivity index (χ1v) is 6.47. The number of phenolic OH excluding ortho intramolecular Hbond substituents is 1. The number of carbonyl (C=O) groups is 2. The monoisotopic (exact) mass is 281 g/mol. The molecule has 1 aromatic carbocycles. The second-order valence-corrected chi connectivity index (χ2v) is 5.00. The van der Waals surface area contributed by atoms with Crippen LogP contribution in [0.25, 0.3) is 0 Å². The van der Waals surface area contributed by atoms with Gasteiger partial charge >= 0.3 is 5.97 Å². The number of carboxylic acids is 1. The summed E-state index contributed by atoms with van der Waals surface area (Å²) < 4.78 is 13.6. The fraction of sp³-hybridized carbons (Fsp3) is 0.429. The minimum Gasteiger partial charge on any atom is -0.508 e. The molecule has 1 aliphatic rings. The zero-order valence-electron chi connectivity index (χ0n) is 10.9. The molecule has 0 radical (unpaired) electrons. The average Bonchev–Trinajstić information content (AvgIpc) is 2.84. The molecule has 1 aromatic rings. The number of likely N-dealkylation sites (tertiary alicyclic amines) is 1. The number of carboxylic acid groups (broad SMARTS) is 1. The first-order chi connectivity index (χ1) is 9.47. The number of aromatic hydroxyl groups is 1. The molecule has 0 saturated carbocycles. The third-order valence-electron chi connectivity index (χ3n) is 3.52. The third-order valence-corrected chi connectivity index (χ3v) is 3.52. The van der Waals surface area contributed by atoms with Crippen molar-refractivity contribution in [3.63, 3.8) is 0 Å². The Morgan fingerprint density at radius 1 is 1.40 bits per heavy atom. The van der Waals surface area contributed by atoms with E-state index in [9.17, 15) is 14.0 Å². The Kier molecular flexibility index (Phi) is 4.22. The fourth-order valence-corrected chi connectivity index (χ4v) is 2.43. The van der Waals surface area contributed by atoms with Crippen LogP contribution >= 0.6 is 0 Å². The van der Waals surface area contributed by atoms with Crippen LogP contribution in [0, 0.1) is 11.7 Å². The molecule has 2 N–H and O–H groups in total. The normalized spacial score (nSPS) is 18.2. The second-order valence-electron chi connectivity index (χ2n) is 5.00. The van der Waals surface area contributed by atoms with Crippen molar-refractivity contribution in [2.24, 2.45) is 5.92 Å². The predicted molar refractivity (Wildman–Crippen MR) is 68.9 cm³/mol. The molecular weight excluding hydrogens is 265 g/mol. The molecule has 1 unspecified atom stereocenters. The van der Waals surface area contributed by atoms with E-state index in [0.717, 1.165) is 12.5 Å². The quantitative estimate of drug-likeness (QED) is 0.883. The average molecular weight is 281 g/mol. The van der Waals surface area contributed by atoms with Crippen LogP contribution in [0.4, 0.5) is 4.39 Å². The van der Waals surface area contributed by atoms with Crippen LogP contribution in [0.3, 0.4) is 0 Å². The van der Waals surface area contributed by atoms with Gasteiger partial charge in [-0.1, -0.05) is 0 Å². The summed E-state index contributed by atoms with van der Waals surface area (Å²) in [6, 6.07) is 3.44. The maximum Gasteiger partial charge on any atom is 0.303 e. The standard InChI is InChI=1S/C14H16FNO4/c15-12-7-10(17)2-3-11(12)14(20)16-6-5-9(8-16)1-4-13(18)19/h2-3,7,9,17H,1,4-6,8H2,(H,18,19). The highest BCUT2D eigenvalue weighted by molar-refractivity contribution is 5.94. The van der Waals surface area contributed by atoms with Crippen LogP contribution in [0.15, 0.2) is 18.2 Å². The van der Waals surface area contributed by atoms with Crippen molar-refractivity contribution >= 4 is 11.9 Å². The number of halogens is 1. The topological polar surface area (TPSA) is 77.8 Å². The maximum absolute atomic E-state index is 13.6. The predicted octanol–water partition coefficient (Wildman–Crippen LogP) is 1.86. The maximum atomic E-state index is 13.6. The number of rotatable bonds is 4. The van der Waals surface area contributed by atoms with Gasteiger partial charge in [-0.05, 0) is 30.9 Å². The first kappa shape index (κ1) is 14.3. The number of aliphatic carboxylic acids is 1. The highest BCUT2D eigenvalue weighted by Gasteiger charge is 2.28. The number of benzene rings is 1. The molecule has 0 aromatic heterocycles. The molecule has 20 heavy (non-hydrogen) atoms. The summed E-state index contributed by atoms with van der Waals surface area (Å²) in [4.78, 5) is 24.2. The van der Waals surface area contributed by atoms with Crippen LogP contribution in [0.2, 0.25) is 0 Å². The second kappa shape index (κ2) is 5.90. The molecule has 2 rings (SSSR count). The van der Waals surface area contributed by atoms with E-state index in [1.807, 2.05) is 0 Å². The van der Waals surface area contributed by atoms with Crippen LogP contribution in [0.1, 0.15) is 29.6 Å². The van der Waals surface area contributed by atoms with Crippen molar-refractivity contribution in [3.8, 4) is 5.75 Å². The van der Waals surface area contributed by atoms with E-state index in [1.165, 1.54) is 17.0 Å². The summed E-state index contributed by atoms with van der Waals surface area (Å²) in [5, 5.41) is 17.8. The highest BCUT2D eigenvalue weighted by Crippen LogP contribution is 2.24. The molecule has 1 fully saturated rings. The molecule has 0 bridgehead atoms. The van der Waals surface area contributed by atoms with Gasteiger partial charge < -0.3 is 15.1 Å². The molecule has 5 nitrogen and oxygen atoms in total. The molecular formula is C14H16FNO4.